The highest BCUT2D eigenvalue weighted by atomic mass is 32.2. The van der Waals surface area contributed by atoms with E-state index in [0.29, 0.717) is 19.4 Å². The van der Waals surface area contributed by atoms with Crippen molar-refractivity contribution in [1.82, 2.24) is 14.9 Å². The van der Waals surface area contributed by atoms with Crippen LogP contribution in [0.25, 0.3) is 0 Å². The van der Waals surface area contributed by atoms with E-state index in [4.69, 9.17) is 4.74 Å². The third-order valence-corrected chi connectivity index (χ3v) is 6.03. The van der Waals surface area contributed by atoms with Crippen molar-refractivity contribution in [3.63, 3.8) is 0 Å². The maximum Gasteiger partial charge on any atom is 0.329 e. The van der Waals surface area contributed by atoms with Gasteiger partial charge in [0.25, 0.3) is 10.0 Å². The fourth-order valence-corrected chi connectivity index (χ4v) is 4.08. The first kappa shape index (κ1) is 22.3. The number of piperidine rings is 1. The van der Waals surface area contributed by atoms with Gasteiger partial charge >= 0.3 is 12.0 Å². The fraction of sp³-hybridized carbons (Fsp3) is 0.286. The molecule has 0 aromatic heterocycles. The van der Waals surface area contributed by atoms with Crippen LogP contribution in [0.4, 0.5) is 4.79 Å². The molecular formula is C21H23N3O6S. The van der Waals surface area contributed by atoms with Crippen LogP contribution in [-0.2, 0) is 31.0 Å². The SMILES string of the molecule is O=C(N[C@H]1CCCN(CC(=O)OCc2ccccc2)C1=O)NS(=O)(=O)c1ccccc1. The second kappa shape index (κ2) is 10.1. The molecule has 0 saturated carbocycles. The van der Waals surface area contributed by atoms with E-state index in [2.05, 4.69) is 5.32 Å². The van der Waals surface area contributed by atoms with Gasteiger partial charge in [0.05, 0.1) is 4.90 Å². The monoisotopic (exact) mass is 445 g/mol. The summed E-state index contributed by atoms with van der Waals surface area (Å²) in [7, 11) is -4.06. The largest absolute Gasteiger partial charge is 0.459 e. The fourth-order valence-electron chi connectivity index (χ4n) is 3.14. The van der Waals surface area contributed by atoms with Crippen LogP contribution >= 0.6 is 0 Å². The van der Waals surface area contributed by atoms with Crippen molar-refractivity contribution in [2.24, 2.45) is 0 Å². The summed E-state index contributed by atoms with van der Waals surface area (Å²) < 4.78 is 31.6. The number of carbonyl (C=O) groups is 3. The Morgan fingerprint density at radius 3 is 2.35 bits per heavy atom. The van der Waals surface area contributed by atoms with Gasteiger partial charge in [0.2, 0.25) is 5.91 Å². The number of ether oxygens (including phenoxy) is 1. The zero-order valence-corrected chi connectivity index (χ0v) is 17.5. The molecule has 1 saturated heterocycles. The Morgan fingerprint density at radius 1 is 1.03 bits per heavy atom. The Labute approximate surface area is 180 Å². The van der Waals surface area contributed by atoms with Crippen LogP contribution < -0.4 is 10.0 Å². The number of urea groups is 1. The zero-order valence-electron chi connectivity index (χ0n) is 16.7. The van der Waals surface area contributed by atoms with Crippen molar-refractivity contribution in [2.45, 2.75) is 30.4 Å². The van der Waals surface area contributed by atoms with Gasteiger partial charge in [-0.1, -0.05) is 48.5 Å². The number of esters is 1. The lowest BCUT2D eigenvalue weighted by atomic mass is 10.1. The number of hydrogen-bond acceptors (Lipinski definition) is 6. The molecule has 1 heterocycles. The van der Waals surface area contributed by atoms with E-state index < -0.39 is 34.0 Å². The molecule has 0 aliphatic carbocycles. The number of nitrogens with zero attached hydrogens (tertiary/aromatic N) is 1. The number of amides is 3. The molecule has 164 valence electrons. The molecule has 2 N–H and O–H groups in total. The average Bonchev–Trinajstić information content (AvgIpc) is 2.76. The summed E-state index contributed by atoms with van der Waals surface area (Å²) in [6.45, 7) is 0.207. The van der Waals surface area contributed by atoms with Crippen molar-refractivity contribution in [3.8, 4) is 0 Å². The molecule has 0 bridgehead atoms. The quantitative estimate of drug-likeness (QED) is 0.622. The van der Waals surface area contributed by atoms with E-state index in [-0.39, 0.29) is 18.0 Å². The predicted molar refractivity (Wildman–Crippen MR) is 111 cm³/mol. The Morgan fingerprint density at radius 2 is 1.68 bits per heavy atom. The average molecular weight is 445 g/mol. The van der Waals surface area contributed by atoms with Crippen LogP contribution in [0.15, 0.2) is 65.6 Å². The molecular weight excluding hydrogens is 422 g/mol. The summed E-state index contributed by atoms with van der Waals surface area (Å²) in [5, 5.41) is 2.38. The molecule has 1 atom stereocenters. The normalized spacial score (nSPS) is 16.5. The highest BCUT2D eigenvalue weighted by Gasteiger charge is 2.32. The lowest BCUT2D eigenvalue weighted by Crippen LogP contribution is -2.55. The molecule has 10 heteroatoms. The number of sulfonamides is 1. The van der Waals surface area contributed by atoms with Crippen molar-refractivity contribution < 1.29 is 27.5 Å². The van der Waals surface area contributed by atoms with E-state index in [1.54, 1.807) is 6.07 Å². The molecule has 1 aliphatic heterocycles. The lowest BCUT2D eigenvalue weighted by molar-refractivity contribution is -0.152. The molecule has 3 rings (SSSR count). The maximum absolute atomic E-state index is 12.6. The number of hydrogen-bond donors (Lipinski definition) is 2. The standard InChI is InChI=1S/C21H23N3O6S/c25-19(30-15-16-8-3-1-4-9-16)14-24-13-7-12-18(20(24)26)22-21(27)23-31(28,29)17-10-5-2-6-11-17/h1-6,8-11,18H,7,12-15H2,(H2,22,23,27)/t18-/m0/s1. The van der Waals surface area contributed by atoms with E-state index in [0.717, 1.165) is 5.56 Å². The van der Waals surface area contributed by atoms with E-state index in [1.165, 1.54) is 29.2 Å². The minimum absolute atomic E-state index is 0.0668. The third-order valence-electron chi connectivity index (χ3n) is 4.68. The molecule has 2 aromatic rings. The molecule has 31 heavy (non-hydrogen) atoms. The minimum atomic E-state index is -4.06. The second-order valence-corrected chi connectivity index (χ2v) is 8.68. The Hall–Kier alpha value is -3.40. The Bertz CT molecular complexity index is 1030. The van der Waals surface area contributed by atoms with Crippen LogP contribution in [0, 0.1) is 0 Å². The van der Waals surface area contributed by atoms with Crippen LogP contribution in [0.1, 0.15) is 18.4 Å². The summed E-state index contributed by atoms with van der Waals surface area (Å²) in [5.41, 5.74) is 0.830. The Kier molecular flexibility index (Phi) is 7.24. The first-order valence-electron chi connectivity index (χ1n) is 9.72. The predicted octanol–water partition coefficient (Wildman–Crippen LogP) is 1.41. The number of nitrogens with one attached hydrogen (secondary N) is 2. The number of likely N-dealkylation sites (tertiary alicyclic amines) is 1. The van der Waals surface area contributed by atoms with Gasteiger partial charge in [0.15, 0.2) is 0 Å². The molecule has 2 aromatic carbocycles. The van der Waals surface area contributed by atoms with Crippen molar-refractivity contribution in [1.29, 1.82) is 0 Å². The summed E-state index contributed by atoms with van der Waals surface area (Å²) >= 11 is 0. The Balaban J connectivity index is 1.51. The molecule has 9 nitrogen and oxygen atoms in total. The van der Waals surface area contributed by atoms with Crippen LogP contribution in [0.2, 0.25) is 0 Å². The van der Waals surface area contributed by atoms with E-state index >= 15 is 0 Å². The highest BCUT2D eigenvalue weighted by molar-refractivity contribution is 7.90. The van der Waals surface area contributed by atoms with Gasteiger partial charge in [-0.3, -0.25) is 9.59 Å². The number of rotatable bonds is 7. The summed E-state index contributed by atoms with van der Waals surface area (Å²) in [6.07, 6.45) is 0.890. The minimum Gasteiger partial charge on any atom is -0.459 e. The van der Waals surface area contributed by atoms with Crippen molar-refractivity contribution in [2.75, 3.05) is 13.1 Å². The van der Waals surface area contributed by atoms with E-state index in [9.17, 15) is 22.8 Å². The molecule has 1 fully saturated rings. The van der Waals surface area contributed by atoms with Gasteiger partial charge in [-0.05, 0) is 30.5 Å². The van der Waals surface area contributed by atoms with Crippen LogP contribution in [0.5, 0.6) is 0 Å². The van der Waals surface area contributed by atoms with Crippen LogP contribution in [0.3, 0.4) is 0 Å². The maximum atomic E-state index is 12.6. The molecule has 0 unspecified atom stereocenters. The topological polar surface area (TPSA) is 122 Å². The van der Waals surface area contributed by atoms with Gasteiger partial charge in [0, 0.05) is 6.54 Å². The first-order chi connectivity index (χ1) is 14.8. The van der Waals surface area contributed by atoms with Crippen molar-refractivity contribution >= 4 is 27.9 Å². The van der Waals surface area contributed by atoms with Gasteiger partial charge in [0.1, 0.15) is 19.2 Å². The second-order valence-electron chi connectivity index (χ2n) is 6.99. The van der Waals surface area contributed by atoms with E-state index in [1.807, 2.05) is 35.1 Å². The molecule has 3 amide bonds. The smallest absolute Gasteiger partial charge is 0.329 e. The van der Waals surface area contributed by atoms with Gasteiger partial charge in [-0.15, -0.1) is 0 Å². The van der Waals surface area contributed by atoms with Gasteiger partial charge in [-0.2, -0.15) is 0 Å². The molecule has 1 aliphatic rings. The summed E-state index contributed by atoms with van der Waals surface area (Å²) in [4.78, 5) is 38.1. The number of carbonyl (C=O) groups excluding carboxylic acids is 3. The van der Waals surface area contributed by atoms with Gasteiger partial charge < -0.3 is 15.0 Å². The third kappa shape index (κ3) is 6.29. The molecule has 0 radical (unpaired) electrons. The van der Waals surface area contributed by atoms with Gasteiger partial charge in [-0.25, -0.2) is 17.9 Å². The lowest BCUT2D eigenvalue weighted by Gasteiger charge is -2.31. The first-order valence-corrected chi connectivity index (χ1v) is 11.2. The highest BCUT2D eigenvalue weighted by Crippen LogP contribution is 2.13. The summed E-state index contributed by atoms with van der Waals surface area (Å²) in [6, 6.07) is 14.6. The van der Waals surface area contributed by atoms with Crippen LogP contribution in [-0.4, -0.2) is 50.4 Å². The number of benzene rings is 2. The molecule has 0 spiro atoms. The zero-order chi connectivity index (χ0) is 22.3. The van der Waals surface area contributed by atoms with Crippen molar-refractivity contribution in [3.05, 3.63) is 66.2 Å². The summed E-state index contributed by atoms with van der Waals surface area (Å²) in [5.74, 6) is -1.02.